The Morgan fingerprint density at radius 1 is 0.611 bits per heavy atom. The van der Waals surface area contributed by atoms with Gasteiger partial charge in [0.15, 0.2) is 0 Å². The van der Waals surface area contributed by atoms with Crippen molar-refractivity contribution in [3.05, 3.63) is 70.8 Å². The molecule has 0 unspecified atom stereocenters. The molecule has 2 aromatic rings. The molecule has 0 aliphatic rings. The molecule has 0 saturated carbocycles. The third-order valence-corrected chi connectivity index (χ3v) is 2.25. The average Bonchev–Trinajstić information content (AvgIpc) is 2.30. The first-order valence-corrected chi connectivity index (χ1v) is 5.23. The quantitative estimate of drug-likeness (QED) is 0.607. The predicted octanol–water partition coefficient (Wildman–Crippen LogP) is 4.55. The van der Waals surface area contributed by atoms with Crippen LogP contribution in [-0.4, -0.2) is 0 Å². The van der Waals surface area contributed by atoms with Crippen LogP contribution < -0.4 is 0 Å². The minimum atomic E-state index is -0.530. The standard InChI is InChI=1S/2C7H6F2/c1-5-4-6(8)2-3-7(5)9;1-5-2-3-6(8)4-7(5)9/h2*2-4H,1H3. The van der Waals surface area contributed by atoms with Gasteiger partial charge in [-0.2, -0.15) is 0 Å². The average molecular weight is 256 g/mol. The van der Waals surface area contributed by atoms with Crippen LogP contribution in [-0.2, 0) is 0 Å². The zero-order valence-corrected chi connectivity index (χ0v) is 9.98. The molecule has 0 radical (unpaired) electrons. The lowest BCUT2D eigenvalue weighted by molar-refractivity contribution is 0.577. The summed E-state index contributed by atoms with van der Waals surface area (Å²) in [6, 6.07) is 6.89. The fourth-order valence-corrected chi connectivity index (χ4v) is 1.18. The summed E-state index contributed by atoms with van der Waals surface area (Å²) in [7, 11) is 0. The van der Waals surface area contributed by atoms with Gasteiger partial charge in [0.05, 0.1) is 0 Å². The van der Waals surface area contributed by atoms with Crippen LogP contribution in [0.1, 0.15) is 11.1 Å². The van der Waals surface area contributed by atoms with Crippen LogP contribution in [0.3, 0.4) is 0 Å². The molecule has 96 valence electrons. The highest BCUT2D eigenvalue weighted by molar-refractivity contribution is 5.16. The lowest BCUT2D eigenvalue weighted by atomic mass is 10.2. The van der Waals surface area contributed by atoms with Gasteiger partial charge < -0.3 is 0 Å². The highest BCUT2D eigenvalue weighted by Crippen LogP contribution is 2.07. The first kappa shape index (κ1) is 14.2. The largest absolute Gasteiger partial charge is 0.207 e. The zero-order valence-electron chi connectivity index (χ0n) is 9.98. The molecule has 0 N–H and O–H groups in total. The Morgan fingerprint density at radius 3 is 1.61 bits per heavy atom. The molecule has 0 fully saturated rings. The minimum absolute atomic E-state index is 0.343. The van der Waals surface area contributed by atoms with E-state index in [1.165, 1.54) is 19.1 Å². The molecule has 2 aromatic carbocycles. The second-order valence-electron chi connectivity index (χ2n) is 3.79. The topological polar surface area (TPSA) is 0 Å². The molecule has 18 heavy (non-hydrogen) atoms. The van der Waals surface area contributed by atoms with E-state index in [1.807, 2.05) is 0 Å². The van der Waals surface area contributed by atoms with Crippen molar-refractivity contribution in [2.45, 2.75) is 13.8 Å². The van der Waals surface area contributed by atoms with Gasteiger partial charge >= 0.3 is 0 Å². The van der Waals surface area contributed by atoms with E-state index in [9.17, 15) is 17.6 Å². The van der Waals surface area contributed by atoms with E-state index in [0.717, 1.165) is 24.3 Å². The maximum atomic E-state index is 12.3. The number of hydrogen-bond donors (Lipinski definition) is 0. The van der Waals surface area contributed by atoms with Crippen LogP contribution in [0.25, 0.3) is 0 Å². The van der Waals surface area contributed by atoms with Gasteiger partial charge in [0.2, 0.25) is 0 Å². The van der Waals surface area contributed by atoms with Crippen molar-refractivity contribution in [3.63, 3.8) is 0 Å². The van der Waals surface area contributed by atoms with E-state index in [1.54, 1.807) is 6.92 Å². The van der Waals surface area contributed by atoms with Gasteiger partial charge in [-0.1, -0.05) is 6.07 Å². The van der Waals surface area contributed by atoms with Crippen molar-refractivity contribution < 1.29 is 17.6 Å². The maximum absolute atomic E-state index is 12.3. The number of hydrogen-bond acceptors (Lipinski definition) is 0. The number of halogens is 4. The van der Waals surface area contributed by atoms with Gasteiger partial charge in [-0.3, -0.25) is 0 Å². The van der Waals surface area contributed by atoms with Crippen LogP contribution in [0.2, 0.25) is 0 Å². The lowest BCUT2D eigenvalue weighted by Gasteiger charge is -1.92. The van der Waals surface area contributed by atoms with Crippen molar-refractivity contribution in [1.82, 2.24) is 0 Å². The van der Waals surface area contributed by atoms with Crippen LogP contribution >= 0.6 is 0 Å². The first-order chi connectivity index (χ1) is 8.40. The van der Waals surface area contributed by atoms with E-state index in [-0.39, 0.29) is 5.82 Å². The number of rotatable bonds is 0. The van der Waals surface area contributed by atoms with Gasteiger partial charge in [0, 0.05) is 6.07 Å². The zero-order chi connectivity index (χ0) is 13.7. The molecule has 0 aliphatic heterocycles. The molecule has 0 atom stereocenters. The van der Waals surface area contributed by atoms with Gasteiger partial charge in [0.25, 0.3) is 0 Å². The van der Waals surface area contributed by atoms with Crippen LogP contribution in [0.5, 0.6) is 0 Å². The second kappa shape index (κ2) is 6.19. The van der Waals surface area contributed by atoms with E-state index in [0.29, 0.717) is 11.1 Å². The highest BCUT2D eigenvalue weighted by atomic mass is 19.1. The fourth-order valence-electron chi connectivity index (χ4n) is 1.18. The second-order valence-corrected chi connectivity index (χ2v) is 3.79. The first-order valence-electron chi connectivity index (χ1n) is 5.23. The molecular weight excluding hydrogens is 244 g/mol. The van der Waals surface area contributed by atoms with Gasteiger partial charge in [-0.05, 0) is 49.2 Å². The highest BCUT2D eigenvalue weighted by Gasteiger charge is 1.96. The predicted molar refractivity (Wildman–Crippen MR) is 62.2 cm³/mol. The van der Waals surface area contributed by atoms with Crippen molar-refractivity contribution in [2.24, 2.45) is 0 Å². The molecule has 0 aromatic heterocycles. The van der Waals surface area contributed by atoms with Crippen molar-refractivity contribution >= 4 is 0 Å². The van der Waals surface area contributed by atoms with Gasteiger partial charge in [-0.25, -0.2) is 17.6 Å². The SMILES string of the molecule is Cc1cc(F)ccc1F.Cc1ccc(F)cc1F. The van der Waals surface area contributed by atoms with Crippen LogP contribution in [0, 0.1) is 37.1 Å². The summed E-state index contributed by atoms with van der Waals surface area (Å²) in [6.07, 6.45) is 0. The van der Waals surface area contributed by atoms with Gasteiger partial charge in [-0.15, -0.1) is 0 Å². The third kappa shape index (κ3) is 4.20. The molecule has 2 rings (SSSR count). The Hall–Kier alpha value is -1.84. The molecule has 0 nitrogen and oxygen atoms in total. The van der Waals surface area contributed by atoms with E-state index in [2.05, 4.69) is 0 Å². The maximum Gasteiger partial charge on any atom is 0.129 e. The number of benzene rings is 2. The monoisotopic (exact) mass is 256 g/mol. The lowest BCUT2D eigenvalue weighted by Crippen LogP contribution is -1.81. The molecular formula is C14H12F4. The van der Waals surface area contributed by atoms with E-state index < -0.39 is 17.5 Å². The number of aryl methyl sites for hydroxylation is 2. The normalized spacial score (nSPS) is 9.67. The van der Waals surface area contributed by atoms with Crippen molar-refractivity contribution in [2.75, 3.05) is 0 Å². The Morgan fingerprint density at radius 2 is 1.17 bits per heavy atom. The summed E-state index contributed by atoms with van der Waals surface area (Å²) in [5.41, 5.74) is 0.811. The minimum Gasteiger partial charge on any atom is -0.207 e. The Balaban J connectivity index is 0.000000180. The molecule has 0 bridgehead atoms. The van der Waals surface area contributed by atoms with Crippen LogP contribution in [0.4, 0.5) is 17.6 Å². The molecule has 0 amide bonds. The Kier molecular flexibility index (Phi) is 4.89. The van der Waals surface area contributed by atoms with E-state index >= 15 is 0 Å². The smallest absolute Gasteiger partial charge is 0.129 e. The molecule has 0 saturated heterocycles. The Labute approximate surface area is 103 Å². The van der Waals surface area contributed by atoms with Crippen molar-refractivity contribution in [3.8, 4) is 0 Å². The Bertz CT molecular complexity index is 486. The third-order valence-electron chi connectivity index (χ3n) is 2.25. The molecule has 4 heteroatoms. The summed E-state index contributed by atoms with van der Waals surface area (Å²) in [6.45, 7) is 3.12. The van der Waals surface area contributed by atoms with Crippen molar-refractivity contribution in [1.29, 1.82) is 0 Å². The fraction of sp³-hybridized carbons (Fsp3) is 0.143. The molecule has 0 aliphatic carbocycles. The summed E-state index contributed by atoms with van der Waals surface area (Å²) in [4.78, 5) is 0. The summed E-state index contributed by atoms with van der Waals surface area (Å²) in [5.74, 6) is -1.78. The van der Waals surface area contributed by atoms with E-state index in [4.69, 9.17) is 0 Å². The molecule has 0 heterocycles. The summed E-state index contributed by atoms with van der Waals surface area (Å²) >= 11 is 0. The summed E-state index contributed by atoms with van der Waals surface area (Å²) in [5, 5.41) is 0. The molecule has 0 spiro atoms. The van der Waals surface area contributed by atoms with Gasteiger partial charge in [0.1, 0.15) is 23.3 Å². The summed E-state index contributed by atoms with van der Waals surface area (Å²) < 4.78 is 49.0. The van der Waals surface area contributed by atoms with Crippen LogP contribution in [0.15, 0.2) is 36.4 Å².